The highest BCUT2D eigenvalue weighted by Gasteiger charge is 2.18. The summed E-state index contributed by atoms with van der Waals surface area (Å²) in [5, 5.41) is 4.46. The van der Waals surface area contributed by atoms with Crippen LogP contribution >= 0.6 is 12.4 Å². The summed E-state index contributed by atoms with van der Waals surface area (Å²) in [6.45, 7) is 5.07. The van der Waals surface area contributed by atoms with E-state index in [2.05, 4.69) is 46.0 Å². The van der Waals surface area contributed by atoms with Gasteiger partial charge in [0.15, 0.2) is 0 Å². The van der Waals surface area contributed by atoms with Gasteiger partial charge in [-0.3, -0.25) is 4.68 Å². The van der Waals surface area contributed by atoms with Crippen LogP contribution in [0.2, 0.25) is 0 Å². The van der Waals surface area contributed by atoms with E-state index in [9.17, 15) is 0 Å². The van der Waals surface area contributed by atoms with Gasteiger partial charge in [-0.25, -0.2) is 4.98 Å². The summed E-state index contributed by atoms with van der Waals surface area (Å²) in [7, 11) is 1.95. The van der Waals surface area contributed by atoms with Gasteiger partial charge in [0, 0.05) is 18.8 Å². The zero-order chi connectivity index (χ0) is 16.7. The van der Waals surface area contributed by atoms with E-state index in [-0.39, 0.29) is 18.4 Å². The van der Waals surface area contributed by atoms with Gasteiger partial charge in [0.05, 0.1) is 36.6 Å². The number of aromatic nitrogens is 4. The van der Waals surface area contributed by atoms with Crippen molar-refractivity contribution in [3.8, 4) is 17.0 Å². The van der Waals surface area contributed by atoms with Crippen molar-refractivity contribution in [2.45, 2.75) is 32.7 Å². The molecule has 0 aliphatic carbocycles. The lowest BCUT2D eigenvalue weighted by Crippen LogP contribution is -2.11. The maximum Gasteiger partial charge on any atom is 0.122 e. The third kappa shape index (κ3) is 3.16. The molecule has 1 atom stereocenters. The van der Waals surface area contributed by atoms with E-state index in [0.29, 0.717) is 0 Å². The smallest absolute Gasteiger partial charge is 0.122 e. The van der Waals surface area contributed by atoms with E-state index in [1.54, 1.807) is 0 Å². The normalized spacial score (nSPS) is 14.4. The Balaban J connectivity index is 0.00000182. The lowest BCUT2D eigenvalue weighted by molar-refractivity contribution is 0.288. The van der Waals surface area contributed by atoms with Crippen LogP contribution in [0, 0.1) is 6.92 Å². The first-order chi connectivity index (χ1) is 11.6. The average molecular weight is 359 g/mol. The second-order valence-electron chi connectivity index (χ2n) is 6.48. The van der Waals surface area contributed by atoms with Crippen molar-refractivity contribution in [1.82, 2.24) is 19.3 Å². The molecule has 0 amide bonds. The van der Waals surface area contributed by atoms with Crippen molar-refractivity contribution in [2.24, 2.45) is 7.05 Å². The minimum absolute atomic E-state index is 0. The van der Waals surface area contributed by atoms with Crippen LogP contribution in [0.15, 0.2) is 36.9 Å². The molecule has 0 fully saturated rings. The highest BCUT2D eigenvalue weighted by Crippen LogP contribution is 2.32. The minimum atomic E-state index is 0. The third-order valence-electron chi connectivity index (χ3n) is 4.79. The lowest BCUT2D eigenvalue weighted by atomic mass is 9.99. The number of ether oxygens (including phenoxy) is 1. The molecule has 6 heteroatoms. The number of halogens is 1. The lowest BCUT2D eigenvalue weighted by Gasteiger charge is -2.21. The standard InChI is InChI=1S/C19H22N4O.ClH/c1-13-17(11-22(3)21-13)18-10-20-12-23(18)14(2)15-6-7-19-16(9-15)5-4-8-24-19;/h6-7,9-12,14H,4-5,8H2,1-3H3;1H. The van der Waals surface area contributed by atoms with E-state index >= 15 is 0 Å². The Kier molecular flexibility index (Phi) is 4.86. The van der Waals surface area contributed by atoms with Crippen LogP contribution in [0.25, 0.3) is 11.3 Å². The molecule has 3 aromatic rings. The Morgan fingerprint density at radius 3 is 2.88 bits per heavy atom. The number of imidazole rings is 1. The van der Waals surface area contributed by atoms with Gasteiger partial charge < -0.3 is 9.30 Å². The summed E-state index contributed by atoms with van der Waals surface area (Å²) in [5.41, 5.74) is 5.83. The third-order valence-corrected chi connectivity index (χ3v) is 4.79. The molecule has 2 aromatic heterocycles. The Labute approximate surface area is 154 Å². The molecule has 0 spiro atoms. The number of rotatable bonds is 3. The number of benzene rings is 1. The molecule has 1 aliphatic heterocycles. The topological polar surface area (TPSA) is 44.9 Å². The number of fused-ring (bicyclic) bond motifs is 1. The fraction of sp³-hybridized carbons (Fsp3) is 0.368. The second-order valence-corrected chi connectivity index (χ2v) is 6.48. The molecule has 132 valence electrons. The van der Waals surface area contributed by atoms with E-state index in [1.807, 2.05) is 31.2 Å². The number of hydrogen-bond donors (Lipinski definition) is 0. The van der Waals surface area contributed by atoms with E-state index in [4.69, 9.17) is 4.74 Å². The molecule has 3 heterocycles. The molecule has 0 saturated heterocycles. The first-order valence-corrected chi connectivity index (χ1v) is 8.41. The number of nitrogens with zero attached hydrogens (tertiary/aromatic N) is 4. The fourth-order valence-corrected chi connectivity index (χ4v) is 3.47. The van der Waals surface area contributed by atoms with Crippen LogP contribution in [0.3, 0.4) is 0 Å². The molecule has 4 rings (SSSR count). The Morgan fingerprint density at radius 1 is 1.28 bits per heavy atom. The van der Waals surface area contributed by atoms with E-state index in [1.165, 1.54) is 11.1 Å². The largest absolute Gasteiger partial charge is 0.493 e. The zero-order valence-corrected chi connectivity index (χ0v) is 15.6. The molecular formula is C19H23ClN4O. The molecule has 1 aromatic carbocycles. The van der Waals surface area contributed by atoms with Crippen molar-refractivity contribution < 1.29 is 4.74 Å². The van der Waals surface area contributed by atoms with Crippen LogP contribution < -0.4 is 4.74 Å². The Hall–Kier alpha value is -2.27. The van der Waals surface area contributed by atoms with Gasteiger partial charge in [-0.15, -0.1) is 12.4 Å². The maximum absolute atomic E-state index is 5.73. The second kappa shape index (κ2) is 6.92. The van der Waals surface area contributed by atoms with Crippen molar-refractivity contribution in [1.29, 1.82) is 0 Å². The van der Waals surface area contributed by atoms with Crippen LogP contribution in [-0.4, -0.2) is 25.9 Å². The first kappa shape index (κ1) is 17.5. The molecule has 0 bridgehead atoms. The summed E-state index contributed by atoms with van der Waals surface area (Å²) in [6.07, 6.45) is 8.06. The Bertz CT molecular complexity index is 883. The van der Waals surface area contributed by atoms with Crippen molar-refractivity contribution >= 4 is 12.4 Å². The molecule has 0 saturated carbocycles. The van der Waals surface area contributed by atoms with Gasteiger partial charge in [-0.1, -0.05) is 12.1 Å². The average Bonchev–Trinajstić information content (AvgIpc) is 3.19. The maximum atomic E-state index is 5.73. The van der Waals surface area contributed by atoms with Crippen molar-refractivity contribution in [2.75, 3.05) is 6.61 Å². The van der Waals surface area contributed by atoms with Crippen molar-refractivity contribution in [3.63, 3.8) is 0 Å². The van der Waals surface area contributed by atoms with Gasteiger partial charge in [-0.2, -0.15) is 5.10 Å². The first-order valence-electron chi connectivity index (χ1n) is 8.41. The van der Waals surface area contributed by atoms with E-state index in [0.717, 1.165) is 42.1 Å². The molecule has 1 aliphatic rings. The molecule has 0 N–H and O–H groups in total. The highest BCUT2D eigenvalue weighted by atomic mass is 35.5. The van der Waals surface area contributed by atoms with Gasteiger partial charge in [0.1, 0.15) is 5.75 Å². The summed E-state index contributed by atoms with van der Waals surface area (Å²) >= 11 is 0. The van der Waals surface area contributed by atoms with Gasteiger partial charge in [0.2, 0.25) is 0 Å². The van der Waals surface area contributed by atoms with Crippen LogP contribution in [0.5, 0.6) is 5.75 Å². The number of aryl methyl sites for hydroxylation is 3. The van der Waals surface area contributed by atoms with Gasteiger partial charge in [0.25, 0.3) is 0 Å². The van der Waals surface area contributed by atoms with Gasteiger partial charge >= 0.3 is 0 Å². The van der Waals surface area contributed by atoms with Crippen LogP contribution in [-0.2, 0) is 13.5 Å². The molecule has 25 heavy (non-hydrogen) atoms. The predicted molar refractivity (Wildman–Crippen MR) is 100 cm³/mol. The SMILES string of the molecule is Cc1nn(C)cc1-c1cncn1C(C)c1ccc2c(c1)CCCO2.Cl. The molecular weight excluding hydrogens is 336 g/mol. The predicted octanol–water partition coefficient (Wildman–Crippen LogP) is 3.95. The van der Waals surface area contributed by atoms with Crippen LogP contribution in [0.4, 0.5) is 0 Å². The quantitative estimate of drug-likeness (QED) is 0.712. The number of hydrogen-bond acceptors (Lipinski definition) is 3. The monoisotopic (exact) mass is 358 g/mol. The zero-order valence-electron chi connectivity index (χ0n) is 14.8. The molecule has 5 nitrogen and oxygen atoms in total. The summed E-state index contributed by atoms with van der Waals surface area (Å²) in [4.78, 5) is 4.38. The summed E-state index contributed by atoms with van der Waals surface area (Å²) < 4.78 is 9.80. The van der Waals surface area contributed by atoms with Gasteiger partial charge in [-0.05, 0) is 43.9 Å². The fourth-order valence-electron chi connectivity index (χ4n) is 3.47. The molecule has 0 radical (unpaired) electrons. The van der Waals surface area contributed by atoms with Crippen molar-refractivity contribution in [3.05, 3.63) is 53.7 Å². The molecule has 1 unspecified atom stereocenters. The van der Waals surface area contributed by atoms with E-state index < -0.39 is 0 Å². The summed E-state index contributed by atoms with van der Waals surface area (Å²) in [5.74, 6) is 1.03. The highest BCUT2D eigenvalue weighted by molar-refractivity contribution is 5.85. The minimum Gasteiger partial charge on any atom is -0.493 e. The van der Waals surface area contributed by atoms with Crippen LogP contribution in [0.1, 0.15) is 36.2 Å². The summed E-state index contributed by atoms with van der Waals surface area (Å²) in [6, 6.07) is 6.74. The Morgan fingerprint density at radius 2 is 2.12 bits per heavy atom.